The lowest BCUT2D eigenvalue weighted by Crippen LogP contribution is -2.04. The van der Waals surface area contributed by atoms with E-state index in [2.05, 4.69) is 73.1 Å². The van der Waals surface area contributed by atoms with E-state index < -0.39 is 0 Å². The molecule has 0 aromatic heterocycles. The lowest BCUT2D eigenvalue weighted by atomic mass is 9.92. The third-order valence-corrected chi connectivity index (χ3v) is 5.11. The fourth-order valence-corrected chi connectivity index (χ4v) is 3.29. The van der Waals surface area contributed by atoms with Crippen molar-refractivity contribution in [3.05, 3.63) is 47.5 Å². The molecule has 0 aliphatic heterocycles. The van der Waals surface area contributed by atoms with Crippen molar-refractivity contribution in [1.82, 2.24) is 0 Å². The number of aryl methyl sites for hydroxylation is 1. The van der Waals surface area contributed by atoms with E-state index in [0.717, 1.165) is 0 Å². The highest BCUT2D eigenvalue weighted by Crippen LogP contribution is 2.38. The summed E-state index contributed by atoms with van der Waals surface area (Å²) in [4.78, 5) is 0.447. The van der Waals surface area contributed by atoms with Crippen molar-refractivity contribution in [2.45, 2.75) is 38.4 Å². The van der Waals surface area contributed by atoms with Gasteiger partial charge in [0.25, 0.3) is 0 Å². The van der Waals surface area contributed by atoms with Crippen LogP contribution in [0.25, 0.3) is 10.8 Å². The lowest BCUT2D eigenvalue weighted by Gasteiger charge is -2.20. The third kappa shape index (κ3) is 2.61. The summed E-state index contributed by atoms with van der Waals surface area (Å²) in [6.07, 6.45) is 2.51. The van der Waals surface area contributed by atoms with Gasteiger partial charge in [-0.2, -0.15) is 0 Å². The van der Waals surface area contributed by atoms with Crippen molar-refractivity contribution in [1.29, 1.82) is 0 Å². The normalized spacial score (nSPS) is 14.7. The number of fused-ring (bicyclic) bond motifs is 1. The Morgan fingerprint density at radius 1 is 1.06 bits per heavy atom. The first-order chi connectivity index (χ1) is 8.65. The molecule has 96 valence electrons. The zero-order valence-corrected chi connectivity index (χ0v) is 13.0. The smallest absolute Gasteiger partial charge is 0.0427 e. The fourth-order valence-electron chi connectivity index (χ4n) is 2.62. The van der Waals surface area contributed by atoms with Crippen LogP contribution >= 0.6 is 15.9 Å². The molecular formula is C17H21Br. The summed E-state index contributed by atoms with van der Waals surface area (Å²) in [5.41, 5.74) is 2.79. The Morgan fingerprint density at radius 3 is 2.39 bits per heavy atom. The third-order valence-electron chi connectivity index (χ3n) is 3.72. The minimum absolute atomic E-state index is 0.447. The van der Waals surface area contributed by atoms with Crippen molar-refractivity contribution < 1.29 is 0 Å². The van der Waals surface area contributed by atoms with Gasteiger partial charge in [0.1, 0.15) is 0 Å². The molecular weight excluding hydrogens is 284 g/mol. The molecule has 2 rings (SSSR count). The zero-order chi connectivity index (χ0) is 13.1. The van der Waals surface area contributed by atoms with E-state index in [9.17, 15) is 0 Å². The van der Waals surface area contributed by atoms with Crippen LogP contribution in [0.15, 0.2) is 36.4 Å². The van der Waals surface area contributed by atoms with E-state index in [1.807, 2.05) is 0 Å². The molecule has 0 aliphatic carbocycles. The quantitative estimate of drug-likeness (QED) is 0.606. The molecule has 18 heavy (non-hydrogen) atoms. The Kier molecular flexibility index (Phi) is 4.45. The van der Waals surface area contributed by atoms with Gasteiger partial charge >= 0.3 is 0 Å². The SMILES string of the molecule is CCCC(C)C(Br)c1ccc(C)c2ccccc12. The Morgan fingerprint density at radius 2 is 1.72 bits per heavy atom. The van der Waals surface area contributed by atoms with Gasteiger partial charge < -0.3 is 0 Å². The van der Waals surface area contributed by atoms with E-state index in [4.69, 9.17) is 0 Å². The minimum atomic E-state index is 0.447. The van der Waals surface area contributed by atoms with Gasteiger partial charge in [0, 0.05) is 4.83 Å². The van der Waals surface area contributed by atoms with Gasteiger partial charge in [0.05, 0.1) is 0 Å². The molecule has 0 fully saturated rings. The first-order valence-corrected chi connectivity index (χ1v) is 7.69. The second-order valence-electron chi connectivity index (χ2n) is 5.18. The molecule has 0 amide bonds. The van der Waals surface area contributed by atoms with Gasteiger partial charge in [-0.15, -0.1) is 0 Å². The number of alkyl halides is 1. The van der Waals surface area contributed by atoms with Crippen LogP contribution in [0, 0.1) is 12.8 Å². The van der Waals surface area contributed by atoms with Gasteiger partial charge in [-0.3, -0.25) is 0 Å². The van der Waals surface area contributed by atoms with Crippen LogP contribution in [0.4, 0.5) is 0 Å². The monoisotopic (exact) mass is 304 g/mol. The Bertz CT molecular complexity index is 530. The highest BCUT2D eigenvalue weighted by atomic mass is 79.9. The molecule has 0 N–H and O–H groups in total. The van der Waals surface area contributed by atoms with E-state index in [0.29, 0.717) is 10.7 Å². The highest BCUT2D eigenvalue weighted by Gasteiger charge is 2.17. The highest BCUT2D eigenvalue weighted by molar-refractivity contribution is 9.09. The predicted octanol–water partition coefficient (Wildman–Crippen LogP) is 6.02. The van der Waals surface area contributed by atoms with Crippen molar-refractivity contribution in [3.8, 4) is 0 Å². The van der Waals surface area contributed by atoms with E-state index in [-0.39, 0.29) is 0 Å². The number of benzene rings is 2. The van der Waals surface area contributed by atoms with Gasteiger partial charge in [-0.1, -0.05) is 72.6 Å². The molecule has 0 aliphatic rings. The summed E-state index contributed by atoms with van der Waals surface area (Å²) < 4.78 is 0. The number of halogens is 1. The first-order valence-electron chi connectivity index (χ1n) is 6.77. The maximum Gasteiger partial charge on any atom is 0.0427 e. The molecule has 0 spiro atoms. The van der Waals surface area contributed by atoms with Gasteiger partial charge in [-0.25, -0.2) is 0 Å². The molecule has 0 heterocycles. The summed E-state index contributed by atoms with van der Waals surface area (Å²) in [7, 11) is 0. The Hall–Kier alpha value is -0.820. The molecule has 0 saturated heterocycles. The Balaban J connectivity index is 2.48. The average molecular weight is 305 g/mol. The van der Waals surface area contributed by atoms with Crippen LogP contribution in [-0.2, 0) is 0 Å². The second kappa shape index (κ2) is 5.88. The molecule has 0 radical (unpaired) electrons. The molecule has 0 saturated carbocycles. The van der Waals surface area contributed by atoms with Crippen molar-refractivity contribution in [2.24, 2.45) is 5.92 Å². The maximum atomic E-state index is 3.90. The van der Waals surface area contributed by atoms with Crippen LogP contribution in [0.2, 0.25) is 0 Å². The van der Waals surface area contributed by atoms with Gasteiger partial charge in [0.2, 0.25) is 0 Å². The van der Waals surface area contributed by atoms with Crippen molar-refractivity contribution in [3.63, 3.8) is 0 Å². The number of hydrogen-bond donors (Lipinski definition) is 0. The summed E-state index contributed by atoms with van der Waals surface area (Å²) in [6, 6.07) is 13.2. The van der Waals surface area contributed by atoms with Crippen LogP contribution in [0.5, 0.6) is 0 Å². The molecule has 2 aromatic carbocycles. The van der Waals surface area contributed by atoms with Crippen LogP contribution in [0.3, 0.4) is 0 Å². The Labute approximate surface area is 119 Å². The standard InChI is InChI=1S/C17H21Br/c1-4-7-13(3)17(18)16-11-10-12(2)14-8-5-6-9-15(14)16/h5-6,8-11,13,17H,4,7H2,1-3H3. The lowest BCUT2D eigenvalue weighted by molar-refractivity contribution is 0.520. The molecule has 0 nitrogen and oxygen atoms in total. The molecule has 2 aromatic rings. The summed E-state index contributed by atoms with van der Waals surface area (Å²) in [5, 5.41) is 2.77. The summed E-state index contributed by atoms with van der Waals surface area (Å²) >= 11 is 3.90. The molecule has 2 unspecified atom stereocenters. The maximum absolute atomic E-state index is 3.90. The molecule has 0 bridgehead atoms. The number of rotatable bonds is 4. The molecule has 1 heteroatoms. The van der Waals surface area contributed by atoms with E-state index in [1.54, 1.807) is 0 Å². The van der Waals surface area contributed by atoms with E-state index >= 15 is 0 Å². The zero-order valence-electron chi connectivity index (χ0n) is 11.4. The predicted molar refractivity (Wildman–Crippen MR) is 84.4 cm³/mol. The summed E-state index contributed by atoms with van der Waals surface area (Å²) in [6.45, 7) is 6.77. The second-order valence-corrected chi connectivity index (χ2v) is 6.17. The minimum Gasteiger partial charge on any atom is -0.0836 e. The van der Waals surface area contributed by atoms with E-state index in [1.165, 1.54) is 34.7 Å². The largest absolute Gasteiger partial charge is 0.0836 e. The van der Waals surface area contributed by atoms with Crippen LogP contribution in [-0.4, -0.2) is 0 Å². The van der Waals surface area contributed by atoms with Gasteiger partial charge in [0.15, 0.2) is 0 Å². The van der Waals surface area contributed by atoms with Crippen LogP contribution < -0.4 is 0 Å². The van der Waals surface area contributed by atoms with Crippen molar-refractivity contribution >= 4 is 26.7 Å². The first kappa shape index (κ1) is 13.6. The number of hydrogen-bond acceptors (Lipinski definition) is 0. The molecule has 2 atom stereocenters. The topological polar surface area (TPSA) is 0 Å². The van der Waals surface area contributed by atoms with Gasteiger partial charge in [-0.05, 0) is 41.2 Å². The van der Waals surface area contributed by atoms with Crippen molar-refractivity contribution in [2.75, 3.05) is 0 Å². The summed E-state index contributed by atoms with van der Waals surface area (Å²) in [5.74, 6) is 0.668. The fraction of sp³-hybridized carbons (Fsp3) is 0.412. The average Bonchev–Trinajstić information content (AvgIpc) is 2.39. The van der Waals surface area contributed by atoms with Crippen LogP contribution in [0.1, 0.15) is 42.6 Å².